The number of hydrogen-bond donors (Lipinski definition) is 4. The van der Waals surface area contributed by atoms with Crippen molar-refractivity contribution < 1.29 is 9.59 Å². The summed E-state index contributed by atoms with van der Waals surface area (Å²) in [4.78, 5) is 22.8. The SMILES string of the molecule is CNC(=O)CCNC(=O)c1ccc(NN)cc1C. The molecule has 18 heavy (non-hydrogen) atoms. The molecule has 0 aliphatic heterocycles. The Morgan fingerprint density at radius 2 is 2.06 bits per heavy atom. The molecule has 0 aromatic heterocycles. The average molecular weight is 250 g/mol. The van der Waals surface area contributed by atoms with Crippen molar-refractivity contribution in [3.8, 4) is 0 Å². The molecule has 0 aliphatic carbocycles. The Bertz CT molecular complexity index is 446. The van der Waals surface area contributed by atoms with Crippen LogP contribution in [0.1, 0.15) is 22.3 Å². The van der Waals surface area contributed by atoms with Crippen LogP contribution in [0.3, 0.4) is 0 Å². The van der Waals surface area contributed by atoms with E-state index in [9.17, 15) is 9.59 Å². The number of hydrazine groups is 1. The first-order valence-corrected chi connectivity index (χ1v) is 5.64. The van der Waals surface area contributed by atoms with Gasteiger partial charge in [-0.3, -0.25) is 15.4 Å². The molecule has 0 heterocycles. The Hall–Kier alpha value is -2.08. The van der Waals surface area contributed by atoms with E-state index in [0.717, 1.165) is 11.3 Å². The average Bonchev–Trinajstić information content (AvgIpc) is 2.37. The molecular weight excluding hydrogens is 232 g/mol. The van der Waals surface area contributed by atoms with Crippen molar-refractivity contribution in [3.63, 3.8) is 0 Å². The molecule has 1 rings (SSSR count). The van der Waals surface area contributed by atoms with Gasteiger partial charge in [0.25, 0.3) is 5.91 Å². The second kappa shape index (κ2) is 6.61. The van der Waals surface area contributed by atoms with Crippen LogP contribution < -0.4 is 21.9 Å². The molecular formula is C12H18N4O2. The van der Waals surface area contributed by atoms with Crippen LogP contribution in [-0.2, 0) is 4.79 Å². The minimum Gasteiger partial charge on any atom is -0.359 e. The summed E-state index contributed by atoms with van der Waals surface area (Å²) in [7, 11) is 1.56. The second-order valence-corrected chi connectivity index (χ2v) is 3.85. The molecule has 98 valence electrons. The molecule has 6 heteroatoms. The summed E-state index contributed by atoms with van der Waals surface area (Å²) >= 11 is 0. The predicted molar refractivity (Wildman–Crippen MR) is 70.0 cm³/mol. The number of nitrogen functional groups attached to an aromatic ring is 1. The number of nitrogens with one attached hydrogen (secondary N) is 3. The quantitative estimate of drug-likeness (QED) is 0.441. The third-order valence-electron chi connectivity index (χ3n) is 2.55. The summed E-state index contributed by atoms with van der Waals surface area (Å²) in [6.45, 7) is 2.14. The molecule has 1 aromatic rings. The van der Waals surface area contributed by atoms with Crippen LogP contribution in [0.15, 0.2) is 18.2 Å². The largest absolute Gasteiger partial charge is 0.359 e. The van der Waals surface area contributed by atoms with E-state index >= 15 is 0 Å². The van der Waals surface area contributed by atoms with Crippen LogP contribution in [-0.4, -0.2) is 25.4 Å². The van der Waals surface area contributed by atoms with Gasteiger partial charge in [-0.25, -0.2) is 0 Å². The van der Waals surface area contributed by atoms with E-state index in [0.29, 0.717) is 12.1 Å². The maximum absolute atomic E-state index is 11.8. The molecule has 6 nitrogen and oxygen atoms in total. The first kappa shape index (κ1) is 14.0. The summed E-state index contributed by atoms with van der Waals surface area (Å²) in [5.74, 6) is 4.98. The molecule has 0 radical (unpaired) electrons. The lowest BCUT2D eigenvalue weighted by Crippen LogP contribution is -2.29. The van der Waals surface area contributed by atoms with E-state index in [1.54, 1.807) is 25.2 Å². The molecule has 0 spiro atoms. The first-order chi connectivity index (χ1) is 8.58. The number of carbonyl (C=O) groups is 2. The minimum absolute atomic E-state index is 0.102. The lowest BCUT2D eigenvalue weighted by Gasteiger charge is -2.09. The van der Waals surface area contributed by atoms with E-state index < -0.39 is 0 Å². The highest BCUT2D eigenvalue weighted by atomic mass is 16.2. The van der Waals surface area contributed by atoms with Crippen LogP contribution in [0.2, 0.25) is 0 Å². The highest BCUT2D eigenvalue weighted by molar-refractivity contribution is 5.96. The molecule has 0 saturated carbocycles. The maximum Gasteiger partial charge on any atom is 0.251 e. The number of hydrogen-bond acceptors (Lipinski definition) is 4. The molecule has 5 N–H and O–H groups in total. The van der Waals surface area contributed by atoms with Crippen LogP contribution in [0.25, 0.3) is 0 Å². The van der Waals surface area contributed by atoms with Crippen molar-refractivity contribution in [2.75, 3.05) is 19.0 Å². The first-order valence-electron chi connectivity index (χ1n) is 5.64. The fourth-order valence-electron chi connectivity index (χ4n) is 1.52. The van der Waals surface area contributed by atoms with Crippen molar-refractivity contribution in [1.82, 2.24) is 10.6 Å². The zero-order valence-corrected chi connectivity index (χ0v) is 10.5. The Morgan fingerprint density at radius 3 is 2.61 bits per heavy atom. The number of aryl methyl sites for hydroxylation is 1. The lowest BCUT2D eigenvalue weighted by atomic mass is 10.1. The van der Waals surface area contributed by atoms with Gasteiger partial charge < -0.3 is 16.1 Å². The van der Waals surface area contributed by atoms with Crippen molar-refractivity contribution >= 4 is 17.5 Å². The number of carbonyl (C=O) groups excluding carboxylic acids is 2. The van der Waals surface area contributed by atoms with Crippen molar-refractivity contribution in [1.29, 1.82) is 0 Å². The molecule has 2 amide bonds. The molecule has 0 bridgehead atoms. The lowest BCUT2D eigenvalue weighted by molar-refractivity contribution is -0.120. The van der Waals surface area contributed by atoms with Gasteiger partial charge in [0, 0.05) is 31.3 Å². The van der Waals surface area contributed by atoms with Gasteiger partial charge in [0.15, 0.2) is 0 Å². The van der Waals surface area contributed by atoms with Crippen LogP contribution in [0.4, 0.5) is 5.69 Å². The van der Waals surface area contributed by atoms with E-state index in [-0.39, 0.29) is 18.2 Å². The Kier molecular flexibility index (Phi) is 5.13. The summed E-state index contributed by atoms with van der Waals surface area (Å²) in [5, 5.41) is 5.18. The third-order valence-corrected chi connectivity index (χ3v) is 2.55. The van der Waals surface area contributed by atoms with E-state index in [1.807, 2.05) is 6.92 Å². The highest BCUT2D eigenvalue weighted by Crippen LogP contribution is 2.14. The monoisotopic (exact) mass is 250 g/mol. The standard InChI is InChI=1S/C12H18N4O2/c1-8-7-9(16-13)3-4-10(8)12(18)15-6-5-11(17)14-2/h3-4,7,16H,5-6,13H2,1-2H3,(H,14,17)(H,15,18). The fraction of sp³-hybridized carbons (Fsp3) is 0.333. The molecule has 0 unspecified atom stereocenters. The normalized spacial score (nSPS) is 9.72. The molecule has 0 aliphatic rings. The number of anilines is 1. The summed E-state index contributed by atoms with van der Waals surface area (Å²) in [5.41, 5.74) is 4.66. The second-order valence-electron chi connectivity index (χ2n) is 3.85. The van der Waals surface area contributed by atoms with Gasteiger partial charge in [0.05, 0.1) is 0 Å². The van der Waals surface area contributed by atoms with Gasteiger partial charge in [-0.2, -0.15) is 0 Å². The maximum atomic E-state index is 11.8. The van der Waals surface area contributed by atoms with Crippen LogP contribution >= 0.6 is 0 Å². The van der Waals surface area contributed by atoms with Crippen molar-refractivity contribution in [2.45, 2.75) is 13.3 Å². The van der Waals surface area contributed by atoms with E-state index in [2.05, 4.69) is 16.1 Å². The zero-order valence-electron chi connectivity index (χ0n) is 10.5. The van der Waals surface area contributed by atoms with Gasteiger partial charge in [-0.05, 0) is 30.7 Å². The Labute approximate surface area is 106 Å². The smallest absolute Gasteiger partial charge is 0.251 e. The van der Waals surface area contributed by atoms with Crippen molar-refractivity contribution in [2.24, 2.45) is 5.84 Å². The summed E-state index contributed by atoms with van der Waals surface area (Å²) in [6, 6.07) is 5.20. The number of nitrogens with two attached hydrogens (primary N) is 1. The highest BCUT2D eigenvalue weighted by Gasteiger charge is 2.09. The Morgan fingerprint density at radius 1 is 1.33 bits per heavy atom. The van der Waals surface area contributed by atoms with Gasteiger partial charge in [0.2, 0.25) is 5.91 Å². The number of rotatable bonds is 5. The summed E-state index contributed by atoms with van der Waals surface area (Å²) in [6.07, 6.45) is 0.268. The van der Waals surface area contributed by atoms with Crippen molar-refractivity contribution in [3.05, 3.63) is 29.3 Å². The predicted octanol–water partition coefficient (Wildman–Crippen LogP) is 0.147. The minimum atomic E-state index is -0.194. The molecule has 0 saturated heterocycles. The topological polar surface area (TPSA) is 96.2 Å². The molecule has 0 fully saturated rings. The summed E-state index contributed by atoms with van der Waals surface area (Å²) < 4.78 is 0. The molecule has 0 atom stereocenters. The van der Waals surface area contributed by atoms with Gasteiger partial charge in [-0.1, -0.05) is 0 Å². The zero-order chi connectivity index (χ0) is 13.5. The van der Waals surface area contributed by atoms with Crippen LogP contribution in [0, 0.1) is 6.92 Å². The molecule has 1 aromatic carbocycles. The number of benzene rings is 1. The fourth-order valence-corrected chi connectivity index (χ4v) is 1.52. The van der Waals surface area contributed by atoms with E-state index in [4.69, 9.17) is 5.84 Å². The van der Waals surface area contributed by atoms with Crippen LogP contribution in [0.5, 0.6) is 0 Å². The number of amides is 2. The van der Waals surface area contributed by atoms with E-state index in [1.165, 1.54) is 0 Å². The van der Waals surface area contributed by atoms with Gasteiger partial charge in [0.1, 0.15) is 0 Å². The Balaban J connectivity index is 2.59. The van der Waals surface area contributed by atoms with Gasteiger partial charge >= 0.3 is 0 Å². The van der Waals surface area contributed by atoms with Gasteiger partial charge in [-0.15, -0.1) is 0 Å². The third kappa shape index (κ3) is 3.74.